The Morgan fingerprint density at radius 3 is 2.50 bits per heavy atom. The molecule has 1 aromatic carbocycles. The molecule has 8 heteroatoms. The van der Waals surface area contributed by atoms with Gasteiger partial charge in [0.15, 0.2) is 5.16 Å². The van der Waals surface area contributed by atoms with Gasteiger partial charge in [0, 0.05) is 18.2 Å². The van der Waals surface area contributed by atoms with Crippen molar-refractivity contribution in [1.29, 1.82) is 0 Å². The van der Waals surface area contributed by atoms with Gasteiger partial charge >= 0.3 is 5.97 Å². The average molecular weight is 295 g/mol. The van der Waals surface area contributed by atoms with Gasteiger partial charge in [-0.25, -0.2) is 0 Å². The maximum atomic E-state index is 10.6. The molecule has 0 atom stereocenters. The standard InChI is InChI=1S/C12H13N3O4S/c1-18-9-3-8(4-10(5-9)19-2)15-7-13-14-12(15)20-6-11(16)17/h3-5,7H,6H2,1-2H3,(H,16,17). The van der Waals surface area contributed by atoms with Gasteiger partial charge < -0.3 is 14.6 Å². The molecule has 0 bridgehead atoms. The van der Waals surface area contributed by atoms with Gasteiger partial charge in [0.2, 0.25) is 0 Å². The SMILES string of the molecule is COc1cc(OC)cc(-n2cnnc2SCC(=O)O)c1. The van der Waals surface area contributed by atoms with Crippen LogP contribution in [0.3, 0.4) is 0 Å². The Labute approximate surface area is 119 Å². The van der Waals surface area contributed by atoms with Crippen LogP contribution >= 0.6 is 11.8 Å². The number of hydrogen-bond acceptors (Lipinski definition) is 6. The third kappa shape index (κ3) is 3.21. The van der Waals surface area contributed by atoms with Crippen molar-refractivity contribution in [2.45, 2.75) is 5.16 Å². The van der Waals surface area contributed by atoms with Crippen molar-refractivity contribution >= 4 is 17.7 Å². The molecule has 0 radical (unpaired) electrons. The fourth-order valence-electron chi connectivity index (χ4n) is 1.56. The third-order valence-electron chi connectivity index (χ3n) is 2.46. The molecule has 20 heavy (non-hydrogen) atoms. The van der Waals surface area contributed by atoms with Crippen molar-refractivity contribution in [3.8, 4) is 17.2 Å². The van der Waals surface area contributed by atoms with Gasteiger partial charge in [-0.1, -0.05) is 11.8 Å². The summed E-state index contributed by atoms with van der Waals surface area (Å²) in [7, 11) is 3.12. The molecule has 0 saturated heterocycles. The summed E-state index contributed by atoms with van der Waals surface area (Å²) in [5.74, 6) is 0.261. The number of rotatable bonds is 6. The fourth-order valence-corrected chi connectivity index (χ4v) is 2.21. The highest BCUT2D eigenvalue weighted by Crippen LogP contribution is 2.27. The number of benzene rings is 1. The second-order valence-electron chi connectivity index (χ2n) is 3.74. The van der Waals surface area contributed by atoms with Crippen LogP contribution in [0.5, 0.6) is 11.5 Å². The second-order valence-corrected chi connectivity index (χ2v) is 4.68. The number of nitrogens with zero attached hydrogens (tertiary/aromatic N) is 3. The van der Waals surface area contributed by atoms with E-state index in [9.17, 15) is 4.79 Å². The summed E-state index contributed by atoms with van der Waals surface area (Å²) in [5.41, 5.74) is 0.735. The smallest absolute Gasteiger partial charge is 0.313 e. The molecule has 0 fully saturated rings. The summed E-state index contributed by atoms with van der Waals surface area (Å²) in [6.45, 7) is 0. The van der Waals surface area contributed by atoms with E-state index in [1.165, 1.54) is 6.33 Å². The average Bonchev–Trinajstić information content (AvgIpc) is 2.92. The summed E-state index contributed by atoms with van der Waals surface area (Å²) < 4.78 is 12.1. The predicted molar refractivity (Wildman–Crippen MR) is 72.8 cm³/mol. The molecule has 0 aliphatic rings. The van der Waals surface area contributed by atoms with E-state index in [0.717, 1.165) is 17.4 Å². The molecule has 106 valence electrons. The van der Waals surface area contributed by atoms with Crippen molar-refractivity contribution in [3.05, 3.63) is 24.5 Å². The molecular weight excluding hydrogens is 282 g/mol. The van der Waals surface area contributed by atoms with Crippen LogP contribution in [0.25, 0.3) is 5.69 Å². The van der Waals surface area contributed by atoms with Gasteiger partial charge in [-0.3, -0.25) is 9.36 Å². The lowest BCUT2D eigenvalue weighted by molar-refractivity contribution is -0.133. The Morgan fingerprint density at radius 2 is 1.95 bits per heavy atom. The Balaban J connectivity index is 2.36. The minimum Gasteiger partial charge on any atom is -0.497 e. The van der Waals surface area contributed by atoms with Crippen LogP contribution in [0.2, 0.25) is 0 Å². The number of aromatic nitrogens is 3. The summed E-state index contributed by atoms with van der Waals surface area (Å²) in [6.07, 6.45) is 1.51. The van der Waals surface area contributed by atoms with E-state index in [-0.39, 0.29) is 5.75 Å². The van der Waals surface area contributed by atoms with Gasteiger partial charge in [-0.15, -0.1) is 10.2 Å². The number of carboxylic acids is 1. The van der Waals surface area contributed by atoms with Gasteiger partial charge in [0.1, 0.15) is 17.8 Å². The van der Waals surface area contributed by atoms with Crippen LogP contribution in [0.4, 0.5) is 0 Å². The minimum atomic E-state index is -0.909. The Bertz CT molecular complexity index is 592. The molecular formula is C12H13N3O4S. The van der Waals surface area contributed by atoms with Crippen molar-refractivity contribution in [2.75, 3.05) is 20.0 Å². The van der Waals surface area contributed by atoms with Crippen LogP contribution in [0.15, 0.2) is 29.7 Å². The number of aliphatic carboxylic acids is 1. The van der Waals surface area contributed by atoms with Crippen LogP contribution in [-0.4, -0.2) is 45.8 Å². The van der Waals surface area contributed by atoms with Crippen LogP contribution in [0.1, 0.15) is 0 Å². The monoisotopic (exact) mass is 295 g/mol. The van der Waals surface area contributed by atoms with Gasteiger partial charge in [-0.2, -0.15) is 0 Å². The topological polar surface area (TPSA) is 86.5 Å². The number of carbonyl (C=O) groups is 1. The van der Waals surface area contributed by atoms with Crippen LogP contribution in [0, 0.1) is 0 Å². The number of methoxy groups -OCH3 is 2. The maximum Gasteiger partial charge on any atom is 0.313 e. The number of carboxylic acid groups (broad SMARTS) is 1. The second kappa shape index (κ2) is 6.29. The number of hydrogen-bond donors (Lipinski definition) is 1. The first-order valence-corrected chi connectivity index (χ1v) is 6.60. The van der Waals surface area contributed by atoms with E-state index < -0.39 is 5.97 Å². The van der Waals surface area contributed by atoms with Crippen molar-refractivity contribution in [2.24, 2.45) is 0 Å². The van der Waals surface area contributed by atoms with E-state index in [2.05, 4.69) is 10.2 Å². The highest BCUT2D eigenvalue weighted by molar-refractivity contribution is 7.99. The van der Waals surface area contributed by atoms with Crippen LogP contribution < -0.4 is 9.47 Å². The summed E-state index contributed by atoms with van der Waals surface area (Å²) in [5, 5.41) is 16.9. The Morgan fingerprint density at radius 1 is 1.30 bits per heavy atom. The van der Waals surface area contributed by atoms with Crippen molar-refractivity contribution < 1.29 is 19.4 Å². The lowest BCUT2D eigenvalue weighted by Crippen LogP contribution is -2.02. The summed E-state index contributed by atoms with van der Waals surface area (Å²) >= 11 is 1.09. The number of thioether (sulfide) groups is 1. The molecule has 0 spiro atoms. The molecule has 0 aliphatic heterocycles. The highest BCUT2D eigenvalue weighted by Gasteiger charge is 2.11. The Kier molecular flexibility index (Phi) is 4.46. The lowest BCUT2D eigenvalue weighted by Gasteiger charge is -2.10. The van der Waals surface area contributed by atoms with E-state index in [1.54, 1.807) is 37.0 Å². The molecule has 0 unspecified atom stereocenters. The Hall–Kier alpha value is -2.22. The van der Waals surface area contributed by atoms with Gasteiger partial charge in [-0.05, 0) is 0 Å². The highest BCUT2D eigenvalue weighted by atomic mass is 32.2. The number of ether oxygens (including phenoxy) is 2. The predicted octanol–water partition coefficient (Wildman–Crippen LogP) is 1.46. The molecule has 0 amide bonds. The quantitative estimate of drug-likeness (QED) is 0.807. The third-order valence-corrected chi connectivity index (χ3v) is 3.38. The zero-order valence-electron chi connectivity index (χ0n) is 10.9. The van der Waals surface area contributed by atoms with Gasteiger partial charge in [0.25, 0.3) is 0 Å². The maximum absolute atomic E-state index is 10.6. The molecule has 1 N–H and O–H groups in total. The molecule has 0 aliphatic carbocycles. The van der Waals surface area contributed by atoms with E-state index >= 15 is 0 Å². The molecule has 2 rings (SSSR count). The van der Waals surface area contributed by atoms with E-state index in [0.29, 0.717) is 16.7 Å². The summed E-state index contributed by atoms with van der Waals surface area (Å²) in [6, 6.07) is 5.32. The fraction of sp³-hybridized carbons (Fsp3) is 0.250. The minimum absolute atomic E-state index is 0.0835. The first-order valence-electron chi connectivity index (χ1n) is 5.62. The molecule has 7 nitrogen and oxygen atoms in total. The van der Waals surface area contributed by atoms with Crippen molar-refractivity contribution in [1.82, 2.24) is 14.8 Å². The molecule has 2 aromatic rings. The van der Waals surface area contributed by atoms with Gasteiger partial charge in [0.05, 0.1) is 25.7 Å². The zero-order valence-corrected chi connectivity index (χ0v) is 11.8. The molecule has 0 saturated carbocycles. The normalized spacial score (nSPS) is 10.3. The largest absolute Gasteiger partial charge is 0.497 e. The van der Waals surface area contributed by atoms with Crippen LogP contribution in [-0.2, 0) is 4.79 Å². The van der Waals surface area contributed by atoms with E-state index in [1.807, 2.05) is 0 Å². The van der Waals surface area contributed by atoms with E-state index in [4.69, 9.17) is 14.6 Å². The zero-order chi connectivity index (χ0) is 14.5. The summed E-state index contributed by atoms with van der Waals surface area (Å²) in [4.78, 5) is 10.6. The first kappa shape index (κ1) is 14.2. The lowest BCUT2D eigenvalue weighted by atomic mass is 10.3. The molecule has 1 heterocycles. The van der Waals surface area contributed by atoms with Crippen molar-refractivity contribution in [3.63, 3.8) is 0 Å². The first-order chi connectivity index (χ1) is 9.63. The molecule has 1 aromatic heterocycles.